The normalized spacial score (nSPS) is 12.3. The van der Waals surface area contributed by atoms with Crippen LogP contribution in [0, 0.1) is 17.5 Å². The van der Waals surface area contributed by atoms with Crippen molar-refractivity contribution in [3.05, 3.63) is 53.5 Å². The van der Waals surface area contributed by atoms with Crippen molar-refractivity contribution in [1.82, 2.24) is 4.98 Å². The molecule has 6 N–H and O–H groups in total. The molecule has 9 nitrogen and oxygen atoms in total. The van der Waals surface area contributed by atoms with Gasteiger partial charge in [-0.25, -0.2) is 27.7 Å². The van der Waals surface area contributed by atoms with Gasteiger partial charge in [0, 0.05) is 0 Å². The maximum atomic E-state index is 13.5. The summed E-state index contributed by atoms with van der Waals surface area (Å²) in [5.41, 5.74) is 3.50. The quantitative estimate of drug-likeness (QED) is 0.470. The van der Waals surface area contributed by atoms with Crippen LogP contribution in [0.25, 0.3) is 11.3 Å². The zero-order chi connectivity index (χ0) is 21.6. The van der Waals surface area contributed by atoms with Crippen LogP contribution in [-0.2, 0) is 9.59 Å². The molecule has 0 fully saturated rings. The second kappa shape index (κ2) is 9.43. The standard InChI is InChI=1S/C12H7F3N2O.C4H6O6/c13-6-2-1-3-7(14)10(6)11-8(15)4-5-9(17-11)12(16)18;5-1(3(7)8)2(6)4(9)10/h1-5H,(H2,16,18);1-2,5-6H,(H,7,8)(H,9,10)/t;1-,2-/m.0/s1. The van der Waals surface area contributed by atoms with Crippen LogP contribution in [-0.4, -0.2) is 55.5 Å². The number of carboxylic acids is 2. The summed E-state index contributed by atoms with van der Waals surface area (Å²) in [4.78, 5) is 34.0. The molecule has 0 bridgehead atoms. The van der Waals surface area contributed by atoms with E-state index in [0.717, 1.165) is 30.3 Å². The molecule has 2 rings (SSSR count). The molecule has 2 aromatic rings. The molecule has 28 heavy (non-hydrogen) atoms. The number of pyridine rings is 1. The number of benzene rings is 1. The summed E-state index contributed by atoms with van der Waals surface area (Å²) >= 11 is 0. The van der Waals surface area contributed by atoms with Crippen molar-refractivity contribution in [3.63, 3.8) is 0 Å². The number of aliphatic hydroxyl groups is 2. The Labute approximate surface area is 154 Å². The molecule has 2 atom stereocenters. The first-order valence-electron chi connectivity index (χ1n) is 7.19. The van der Waals surface area contributed by atoms with Gasteiger partial charge < -0.3 is 26.2 Å². The maximum absolute atomic E-state index is 13.5. The lowest BCUT2D eigenvalue weighted by Crippen LogP contribution is -2.39. The summed E-state index contributed by atoms with van der Waals surface area (Å²) in [5, 5.41) is 32.5. The highest BCUT2D eigenvalue weighted by Gasteiger charge is 2.29. The Hall–Kier alpha value is -3.51. The van der Waals surface area contributed by atoms with E-state index in [0.29, 0.717) is 0 Å². The Morgan fingerprint density at radius 1 is 0.857 bits per heavy atom. The Bertz CT molecular complexity index is 870. The van der Waals surface area contributed by atoms with Crippen LogP contribution in [0.1, 0.15) is 10.5 Å². The number of nitrogens with zero attached hydrogens (tertiary/aromatic N) is 1. The smallest absolute Gasteiger partial charge is 0.335 e. The fourth-order valence-corrected chi connectivity index (χ4v) is 1.75. The van der Waals surface area contributed by atoms with Gasteiger partial charge in [0.05, 0.1) is 5.56 Å². The van der Waals surface area contributed by atoms with E-state index in [9.17, 15) is 27.6 Å². The molecule has 0 unspecified atom stereocenters. The molecule has 150 valence electrons. The number of primary amides is 1. The zero-order valence-corrected chi connectivity index (χ0v) is 13.7. The average molecular weight is 402 g/mol. The minimum Gasteiger partial charge on any atom is -0.479 e. The highest BCUT2D eigenvalue weighted by atomic mass is 19.1. The predicted octanol–water partition coefficient (Wildman–Crippen LogP) is 0.142. The maximum Gasteiger partial charge on any atom is 0.335 e. The molecule has 1 aromatic carbocycles. The SMILES string of the molecule is NC(=O)c1ccc(F)c(-c2c(F)cccc2F)n1.O=C(O)[C@@H](O)[C@H](O)C(=O)O. The molecule has 0 aliphatic heterocycles. The van der Waals surface area contributed by atoms with Gasteiger partial charge in [0.1, 0.15) is 28.8 Å². The van der Waals surface area contributed by atoms with E-state index in [1.807, 2.05) is 0 Å². The second-order valence-electron chi connectivity index (χ2n) is 5.05. The number of aliphatic hydroxyl groups excluding tert-OH is 2. The third-order valence-electron chi connectivity index (χ3n) is 3.10. The van der Waals surface area contributed by atoms with Crippen LogP contribution in [0.15, 0.2) is 30.3 Å². The fraction of sp³-hybridized carbons (Fsp3) is 0.125. The van der Waals surface area contributed by atoms with Gasteiger partial charge in [-0.2, -0.15) is 0 Å². The number of carbonyl (C=O) groups excluding carboxylic acids is 1. The van der Waals surface area contributed by atoms with E-state index in [4.69, 9.17) is 26.2 Å². The van der Waals surface area contributed by atoms with E-state index in [1.165, 1.54) is 0 Å². The Morgan fingerprint density at radius 3 is 1.71 bits per heavy atom. The molecule has 0 saturated carbocycles. The zero-order valence-electron chi connectivity index (χ0n) is 13.7. The predicted molar refractivity (Wildman–Crippen MR) is 85.4 cm³/mol. The van der Waals surface area contributed by atoms with E-state index >= 15 is 0 Å². The molecule has 0 aliphatic rings. The van der Waals surface area contributed by atoms with Crippen LogP contribution in [0.3, 0.4) is 0 Å². The Balaban J connectivity index is 0.000000336. The first kappa shape index (κ1) is 22.5. The molecule has 0 spiro atoms. The van der Waals surface area contributed by atoms with Gasteiger partial charge in [0.25, 0.3) is 5.91 Å². The number of rotatable bonds is 5. The summed E-state index contributed by atoms with van der Waals surface area (Å²) in [5.74, 6) is -7.33. The molecule has 0 saturated heterocycles. The van der Waals surface area contributed by atoms with Crippen LogP contribution in [0.5, 0.6) is 0 Å². The molecular weight excluding hydrogens is 389 g/mol. The average Bonchev–Trinajstić information content (AvgIpc) is 2.61. The highest BCUT2D eigenvalue weighted by molar-refractivity contribution is 5.91. The van der Waals surface area contributed by atoms with E-state index in [1.54, 1.807) is 0 Å². The largest absolute Gasteiger partial charge is 0.479 e. The molecule has 0 aliphatic carbocycles. The number of aromatic nitrogens is 1. The summed E-state index contributed by atoms with van der Waals surface area (Å²) in [6.07, 6.45) is -4.53. The molecule has 1 heterocycles. The molecule has 1 amide bonds. The third kappa shape index (κ3) is 5.49. The lowest BCUT2D eigenvalue weighted by atomic mass is 10.1. The Kier molecular flexibility index (Phi) is 7.59. The van der Waals surface area contributed by atoms with Gasteiger partial charge in [-0.05, 0) is 24.3 Å². The first-order valence-corrected chi connectivity index (χ1v) is 7.19. The minimum atomic E-state index is -2.27. The fourth-order valence-electron chi connectivity index (χ4n) is 1.75. The third-order valence-corrected chi connectivity index (χ3v) is 3.10. The number of amides is 1. The van der Waals surface area contributed by atoms with Crippen molar-refractivity contribution in [2.45, 2.75) is 12.2 Å². The van der Waals surface area contributed by atoms with Gasteiger partial charge in [-0.3, -0.25) is 4.79 Å². The van der Waals surface area contributed by atoms with Crippen LogP contribution in [0.4, 0.5) is 13.2 Å². The van der Waals surface area contributed by atoms with Gasteiger partial charge in [0.15, 0.2) is 12.2 Å². The highest BCUT2D eigenvalue weighted by Crippen LogP contribution is 2.26. The van der Waals surface area contributed by atoms with Gasteiger partial charge in [-0.1, -0.05) is 6.07 Å². The summed E-state index contributed by atoms with van der Waals surface area (Å²) in [6, 6.07) is 5.01. The number of aliphatic carboxylic acids is 2. The first-order chi connectivity index (χ1) is 13.0. The van der Waals surface area contributed by atoms with Gasteiger partial charge in [0.2, 0.25) is 0 Å². The molecule has 12 heteroatoms. The summed E-state index contributed by atoms with van der Waals surface area (Å²) < 4.78 is 40.5. The lowest BCUT2D eigenvalue weighted by Gasteiger charge is -2.07. The van der Waals surface area contributed by atoms with Crippen molar-refractivity contribution in [2.75, 3.05) is 0 Å². The molecular formula is C16H13F3N2O7. The van der Waals surface area contributed by atoms with E-state index in [2.05, 4.69) is 4.98 Å². The van der Waals surface area contributed by atoms with Crippen molar-refractivity contribution >= 4 is 17.8 Å². The summed E-state index contributed by atoms with van der Waals surface area (Å²) in [7, 11) is 0. The number of carbonyl (C=O) groups is 3. The van der Waals surface area contributed by atoms with E-state index in [-0.39, 0.29) is 5.69 Å². The van der Waals surface area contributed by atoms with Crippen LogP contribution >= 0.6 is 0 Å². The van der Waals surface area contributed by atoms with Crippen LogP contribution in [0.2, 0.25) is 0 Å². The van der Waals surface area contributed by atoms with Crippen molar-refractivity contribution < 1.29 is 48.0 Å². The second-order valence-corrected chi connectivity index (χ2v) is 5.05. The van der Waals surface area contributed by atoms with Crippen LogP contribution < -0.4 is 5.73 Å². The molecule has 0 radical (unpaired) electrons. The monoisotopic (exact) mass is 402 g/mol. The lowest BCUT2D eigenvalue weighted by molar-refractivity contribution is -0.165. The van der Waals surface area contributed by atoms with Gasteiger partial charge in [-0.15, -0.1) is 0 Å². The minimum absolute atomic E-state index is 0.269. The Morgan fingerprint density at radius 2 is 1.32 bits per heavy atom. The number of carboxylic acid groups (broad SMARTS) is 2. The number of halogens is 3. The topological polar surface area (TPSA) is 171 Å². The van der Waals surface area contributed by atoms with E-state index < -0.39 is 58.8 Å². The van der Waals surface area contributed by atoms with Gasteiger partial charge >= 0.3 is 11.9 Å². The number of nitrogens with two attached hydrogens (primary N) is 1. The number of hydrogen-bond donors (Lipinski definition) is 5. The van der Waals surface area contributed by atoms with Crippen molar-refractivity contribution in [2.24, 2.45) is 5.73 Å². The van der Waals surface area contributed by atoms with Crippen molar-refractivity contribution in [3.8, 4) is 11.3 Å². The number of hydrogen-bond acceptors (Lipinski definition) is 6. The van der Waals surface area contributed by atoms with Crippen molar-refractivity contribution in [1.29, 1.82) is 0 Å². The summed E-state index contributed by atoms with van der Waals surface area (Å²) in [6.45, 7) is 0. The molecule has 1 aromatic heterocycles.